The lowest BCUT2D eigenvalue weighted by atomic mass is 10.1. The molecular weight excluding hydrogens is 124 g/mol. The molecule has 0 radical (unpaired) electrons. The first-order chi connectivity index (χ1) is 4.93. The summed E-state index contributed by atoms with van der Waals surface area (Å²) >= 11 is 0. The van der Waals surface area contributed by atoms with Crippen LogP contribution in [0.25, 0.3) is 0 Å². The van der Waals surface area contributed by atoms with E-state index in [2.05, 4.69) is 12.7 Å². The van der Waals surface area contributed by atoms with Crippen molar-refractivity contribution >= 4 is 0 Å². The summed E-state index contributed by atoms with van der Waals surface area (Å²) in [6.45, 7) is 3.07. The fourth-order valence-corrected chi connectivity index (χ4v) is 1.03. The molecule has 0 aromatic heterocycles. The Bertz CT molecular complexity index is 152. The molecule has 1 aliphatic rings. The van der Waals surface area contributed by atoms with Crippen LogP contribution >= 0.6 is 0 Å². The molecular formula is C9H14O. The van der Waals surface area contributed by atoms with Crippen molar-refractivity contribution in [1.82, 2.24) is 0 Å². The smallest absolute Gasteiger partial charge is 0.125 e. The van der Waals surface area contributed by atoms with Gasteiger partial charge in [-0.3, -0.25) is 0 Å². The molecule has 1 heteroatoms. The molecule has 0 saturated heterocycles. The highest BCUT2D eigenvalue weighted by Crippen LogP contribution is 2.12. The number of hydrogen-bond donors (Lipinski definition) is 0. The summed E-state index contributed by atoms with van der Waals surface area (Å²) in [4.78, 5) is 0. The molecule has 1 nitrogen and oxygen atoms in total. The Morgan fingerprint density at radius 2 is 2.60 bits per heavy atom. The van der Waals surface area contributed by atoms with Crippen molar-refractivity contribution in [3.8, 4) is 0 Å². The van der Waals surface area contributed by atoms with Gasteiger partial charge in [0, 0.05) is 6.42 Å². The van der Waals surface area contributed by atoms with Crippen molar-refractivity contribution in [3.63, 3.8) is 0 Å². The second-order valence-electron chi connectivity index (χ2n) is 2.59. The fraction of sp³-hybridized carbons (Fsp3) is 0.667. The van der Waals surface area contributed by atoms with Gasteiger partial charge in [0.15, 0.2) is 0 Å². The highest BCUT2D eigenvalue weighted by atomic mass is 16.5. The summed E-state index contributed by atoms with van der Waals surface area (Å²) in [6, 6.07) is 0. The van der Waals surface area contributed by atoms with E-state index < -0.39 is 0 Å². The van der Waals surface area contributed by atoms with Crippen LogP contribution in [0, 0.1) is 0 Å². The van der Waals surface area contributed by atoms with E-state index in [1.807, 2.05) is 0 Å². The van der Waals surface area contributed by atoms with Crippen molar-refractivity contribution in [2.24, 2.45) is 0 Å². The predicted octanol–water partition coefficient (Wildman–Crippen LogP) is 2.64. The van der Waals surface area contributed by atoms with E-state index in [4.69, 9.17) is 4.74 Å². The molecule has 56 valence electrons. The van der Waals surface area contributed by atoms with Crippen molar-refractivity contribution in [1.29, 1.82) is 0 Å². The van der Waals surface area contributed by atoms with Crippen LogP contribution in [0.15, 0.2) is 17.6 Å². The molecule has 0 aliphatic carbocycles. The highest BCUT2D eigenvalue weighted by molar-refractivity contribution is 5.02. The Morgan fingerprint density at radius 1 is 1.70 bits per heavy atom. The van der Waals surface area contributed by atoms with Crippen molar-refractivity contribution in [2.45, 2.75) is 32.6 Å². The van der Waals surface area contributed by atoms with Gasteiger partial charge in [-0.2, -0.15) is 0 Å². The Balaban J connectivity index is 2.31. The van der Waals surface area contributed by atoms with E-state index >= 15 is 0 Å². The molecule has 10 heavy (non-hydrogen) atoms. The lowest BCUT2D eigenvalue weighted by molar-refractivity contribution is 0.245. The molecule has 1 aliphatic heterocycles. The Hall–Kier alpha value is -0.680. The number of hydrogen-bond acceptors (Lipinski definition) is 1. The summed E-state index contributed by atoms with van der Waals surface area (Å²) in [5.74, 6) is 0. The first-order valence-corrected chi connectivity index (χ1v) is 3.98. The van der Waals surface area contributed by atoms with Gasteiger partial charge in [-0.1, -0.05) is 19.1 Å². The molecule has 0 N–H and O–H groups in total. The van der Waals surface area contributed by atoms with E-state index in [1.54, 1.807) is 6.26 Å². The van der Waals surface area contributed by atoms with E-state index in [1.165, 1.54) is 24.8 Å². The van der Waals surface area contributed by atoms with Crippen molar-refractivity contribution < 1.29 is 4.74 Å². The van der Waals surface area contributed by atoms with E-state index in [9.17, 15) is 0 Å². The van der Waals surface area contributed by atoms with Crippen LogP contribution in [0.1, 0.15) is 32.6 Å². The number of ether oxygens (including phenoxy) is 1. The summed E-state index contributed by atoms with van der Waals surface area (Å²) in [5, 5.41) is 0. The average molecular weight is 138 g/mol. The van der Waals surface area contributed by atoms with Gasteiger partial charge >= 0.3 is 0 Å². The van der Waals surface area contributed by atoms with Crippen LogP contribution in [-0.2, 0) is 4.74 Å². The largest absolute Gasteiger partial charge is 0.493 e. The van der Waals surface area contributed by atoms with E-state index in [0.717, 1.165) is 13.0 Å². The van der Waals surface area contributed by atoms with Gasteiger partial charge in [0.05, 0.1) is 6.61 Å². The van der Waals surface area contributed by atoms with Crippen LogP contribution in [0.3, 0.4) is 0 Å². The normalized spacial score (nSPS) is 16.3. The molecule has 0 bridgehead atoms. The summed E-state index contributed by atoms with van der Waals surface area (Å²) in [6.07, 6.45) is 6.53. The molecule has 1 rings (SSSR count). The first kappa shape index (κ1) is 7.43. The molecule has 0 saturated carbocycles. The van der Waals surface area contributed by atoms with Gasteiger partial charge < -0.3 is 4.74 Å². The lowest BCUT2D eigenvalue weighted by Gasteiger charge is -2.07. The standard InChI is InChI=1S/C9H14O/c1-2-3-4-9-5-7-10-8-6-9/h8H,2-5,7H2,1H3. The zero-order valence-corrected chi connectivity index (χ0v) is 6.52. The van der Waals surface area contributed by atoms with Crippen LogP contribution in [-0.4, -0.2) is 6.61 Å². The van der Waals surface area contributed by atoms with Gasteiger partial charge in [-0.15, -0.1) is 0 Å². The van der Waals surface area contributed by atoms with Crippen molar-refractivity contribution in [3.05, 3.63) is 17.6 Å². The maximum absolute atomic E-state index is 5.02. The third-order valence-electron chi connectivity index (χ3n) is 1.70. The maximum Gasteiger partial charge on any atom is 0.125 e. The van der Waals surface area contributed by atoms with Gasteiger partial charge in [-0.05, 0) is 18.4 Å². The summed E-state index contributed by atoms with van der Waals surface area (Å²) in [7, 11) is 0. The topological polar surface area (TPSA) is 9.23 Å². The lowest BCUT2D eigenvalue weighted by Crippen LogP contribution is -1.95. The van der Waals surface area contributed by atoms with Gasteiger partial charge in [-0.25, -0.2) is 0 Å². The predicted molar refractivity (Wildman–Crippen MR) is 41.7 cm³/mol. The maximum atomic E-state index is 5.02. The van der Waals surface area contributed by atoms with Gasteiger partial charge in [0.2, 0.25) is 0 Å². The molecule has 0 fully saturated rings. The van der Waals surface area contributed by atoms with Gasteiger partial charge in [0.1, 0.15) is 6.26 Å². The second-order valence-corrected chi connectivity index (χ2v) is 2.59. The third-order valence-corrected chi connectivity index (χ3v) is 1.70. The molecule has 1 heterocycles. The number of unbranched alkanes of at least 4 members (excludes halogenated alkanes) is 1. The molecule has 0 atom stereocenters. The molecule has 0 spiro atoms. The highest BCUT2D eigenvalue weighted by Gasteiger charge is 1.98. The average Bonchev–Trinajstić information content (AvgIpc) is 2.03. The zero-order valence-electron chi connectivity index (χ0n) is 6.52. The van der Waals surface area contributed by atoms with E-state index in [0.29, 0.717) is 0 Å². The second kappa shape index (κ2) is 4.19. The SMILES string of the molecule is CCCCC1=C=COCC1. The minimum absolute atomic E-state index is 0.853. The van der Waals surface area contributed by atoms with E-state index in [-0.39, 0.29) is 0 Å². The quantitative estimate of drug-likeness (QED) is 0.545. The molecule has 0 unspecified atom stereocenters. The van der Waals surface area contributed by atoms with Gasteiger partial charge in [0.25, 0.3) is 0 Å². The fourth-order valence-electron chi connectivity index (χ4n) is 1.03. The van der Waals surface area contributed by atoms with Crippen LogP contribution < -0.4 is 0 Å². The van der Waals surface area contributed by atoms with Crippen LogP contribution in [0.4, 0.5) is 0 Å². The molecule has 0 aromatic rings. The summed E-state index contributed by atoms with van der Waals surface area (Å²) < 4.78 is 5.02. The van der Waals surface area contributed by atoms with Crippen molar-refractivity contribution in [2.75, 3.05) is 6.61 Å². The van der Waals surface area contributed by atoms with Crippen LogP contribution in [0.2, 0.25) is 0 Å². The Labute approximate surface area is 62.4 Å². The zero-order chi connectivity index (χ0) is 7.23. The first-order valence-electron chi connectivity index (χ1n) is 3.98. The molecule has 0 aromatic carbocycles. The Morgan fingerprint density at radius 3 is 3.20 bits per heavy atom. The minimum atomic E-state index is 0.853. The Kier molecular flexibility index (Phi) is 3.11. The molecule has 0 amide bonds. The minimum Gasteiger partial charge on any atom is -0.493 e. The summed E-state index contributed by atoms with van der Waals surface area (Å²) in [5.41, 5.74) is 4.55. The number of rotatable bonds is 3. The monoisotopic (exact) mass is 138 g/mol. The van der Waals surface area contributed by atoms with Crippen LogP contribution in [0.5, 0.6) is 0 Å². The third kappa shape index (κ3) is 2.28.